The van der Waals surface area contributed by atoms with E-state index in [0.717, 1.165) is 12.8 Å². The highest BCUT2D eigenvalue weighted by Crippen LogP contribution is 2.29. The Morgan fingerprint density at radius 2 is 2.33 bits per heavy atom. The molecular formula is C14H19N. The van der Waals surface area contributed by atoms with Crippen LogP contribution in [-0.4, -0.2) is 4.98 Å². The minimum atomic E-state index is 0.0338. The Balaban J connectivity index is 3.00. The number of aromatic nitrogens is 1. The summed E-state index contributed by atoms with van der Waals surface area (Å²) in [7, 11) is 0. The second-order valence-electron chi connectivity index (χ2n) is 3.96. The number of nitrogens with zero attached hydrogens (tertiary/aromatic N) is 1. The van der Waals surface area contributed by atoms with Gasteiger partial charge < -0.3 is 0 Å². The van der Waals surface area contributed by atoms with Crippen LogP contribution in [0.5, 0.6) is 0 Å². The SMILES string of the molecule is C=CCC(C)(/C=C\CC)c1cccnc1. The molecule has 0 amide bonds. The van der Waals surface area contributed by atoms with E-state index in [4.69, 9.17) is 0 Å². The van der Waals surface area contributed by atoms with E-state index in [9.17, 15) is 0 Å². The first-order valence-electron chi connectivity index (χ1n) is 5.42. The molecule has 80 valence electrons. The van der Waals surface area contributed by atoms with E-state index in [-0.39, 0.29) is 5.41 Å². The molecule has 0 aliphatic heterocycles. The average Bonchev–Trinajstić information content (AvgIpc) is 2.28. The van der Waals surface area contributed by atoms with E-state index in [2.05, 4.69) is 43.6 Å². The van der Waals surface area contributed by atoms with Crippen molar-refractivity contribution < 1.29 is 0 Å². The van der Waals surface area contributed by atoms with Crippen LogP contribution in [0, 0.1) is 0 Å². The Hall–Kier alpha value is -1.37. The summed E-state index contributed by atoms with van der Waals surface area (Å²) in [5.41, 5.74) is 1.28. The predicted molar refractivity (Wildman–Crippen MR) is 65.8 cm³/mol. The van der Waals surface area contributed by atoms with Gasteiger partial charge in [0.1, 0.15) is 0 Å². The van der Waals surface area contributed by atoms with Gasteiger partial charge in [0, 0.05) is 17.8 Å². The molecule has 1 unspecified atom stereocenters. The van der Waals surface area contributed by atoms with Gasteiger partial charge in [-0.05, 0) is 24.5 Å². The van der Waals surface area contributed by atoms with Gasteiger partial charge in [-0.1, -0.05) is 38.1 Å². The fourth-order valence-corrected chi connectivity index (χ4v) is 1.66. The highest BCUT2D eigenvalue weighted by atomic mass is 14.6. The summed E-state index contributed by atoms with van der Waals surface area (Å²) in [5.74, 6) is 0. The Morgan fingerprint density at radius 1 is 1.53 bits per heavy atom. The maximum absolute atomic E-state index is 4.17. The molecule has 0 saturated heterocycles. The van der Waals surface area contributed by atoms with E-state index < -0.39 is 0 Å². The lowest BCUT2D eigenvalue weighted by Crippen LogP contribution is -2.18. The monoisotopic (exact) mass is 201 g/mol. The number of pyridine rings is 1. The van der Waals surface area contributed by atoms with Crippen LogP contribution in [0.25, 0.3) is 0 Å². The molecule has 0 aromatic carbocycles. The zero-order chi connectivity index (χ0) is 11.1. The second kappa shape index (κ2) is 5.50. The van der Waals surface area contributed by atoms with Crippen molar-refractivity contribution in [1.29, 1.82) is 0 Å². The topological polar surface area (TPSA) is 12.9 Å². The van der Waals surface area contributed by atoms with Crippen molar-refractivity contribution in [3.05, 3.63) is 54.9 Å². The normalized spacial score (nSPS) is 15.1. The van der Waals surface area contributed by atoms with E-state index in [1.165, 1.54) is 5.56 Å². The molecule has 1 atom stereocenters. The van der Waals surface area contributed by atoms with Gasteiger partial charge in [0.05, 0.1) is 0 Å². The standard InChI is InChI=1S/C14H19N/c1-4-6-10-14(3,9-5-2)13-8-7-11-15-12-13/h5-8,10-12H,2,4,9H2,1,3H3/b10-6-. The highest BCUT2D eigenvalue weighted by Gasteiger charge is 2.21. The van der Waals surface area contributed by atoms with Gasteiger partial charge in [-0.15, -0.1) is 6.58 Å². The molecular weight excluding hydrogens is 182 g/mol. The largest absolute Gasteiger partial charge is 0.264 e. The fourth-order valence-electron chi connectivity index (χ4n) is 1.66. The molecule has 1 heterocycles. The maximum Gasteiger partial charge on any atom is 0.0308 e. The van der Waals surface area contributed by atoms with Crippen LogP contribution >= 0.6 is 0 Å². The summed E-state index contributed by atoms with van der Waals surface area (Å²) in [6.07, 6.45) is 12.2. The molecule has 0 aliphatic rings. The van der Waals surface area contributed by atoms with Crippen LogP contribution in [0.4, 0.5) is 0 Å². The maximum atomic E-state index is 4.17. The van der Waals surface area contributed by atoms with Gasteiger partial charge in [-0.3, -0.25) is 4.98 Å². The minimum Gasteiger partial charge on any atom is -0.264 e. The van der Waals surface area contributed by atoms with Crippen molar-refractivity contribution >= 4 is 0 Å². The predicted octanol–water partition coefficient (Wildman–Crippen LogP) is 3.88. The third-order valence-electron chi connectivity index (χ3n) is 2.61. The molecule has 15 heavy (non-hydrogen) atoms. The third-order valence-corrected chi connectivity index (χ3v) is 2.61. The summed E-state index contributed by atoms with van der Waals surface area (Å²) in [5, 5.41) is 0. The van der Waals surface area contributed by atoms with Crippen LogP contribution in [0.3, 0.4) is 0 Å². The van der Waals surface area contributed by atoms with Crippen molar-refractivity contribution in [2.45, 2.75) is 32.1 Å². The Kier molecular flexibility index (Phi) is 4.29. The molecule has 0 fully saturated rings. The van der Waals surface area contributed by atoms with Gasteiger partial charge in [0.2, 0.25) is 0 Å². The molecule has 1 aromatic rings. The lowest BCUT2D eigenvalue weighted by molar-refractivity contribution is 0.601. The smallest absolute Gasteiger partial charge is 0.0308 e. The lowest BCUT2D eigenvalue weighted by Gasteiger charge is -2.24. The molecule has 0 bridgehead atoms. The summed E-state index contributed by atoms with van der Waals surface area (Å²) in [6.45, 7) is 8.19. The highest BCUT2D eigenvalue weighted by molar-refractivity contribution is 5.28. The van der Waals surface area contributed by atoms with Crippen molar-refractivity contribution in [2.24, 2.45) is 0 Å². The lowest BCUT2D eigenvalue weighted by atomic mass is 9.80. The Bertz CT molecular complexity index is 326. The van der Waals surface area contributed by atoms with Crippen LogP contribution < -0.4 is 0 Å². The molecule has 1 aromatic heterocycles. The van der Waals surface area contributed by atoms with E-state index in [1.807, 2.05) is 18.3 Å². The van der Waals surface area contributed by atoms with Crippen molar-refractivity contribution in [3.8, 4) is 0 Å². The summed E-state index contributed by atoms with van der Waals surface area (Å²) < 4.78 is 0. The van der Waals surface area contributed by atoms with Gasteiger partial charge in [-0.25, -0.2) is 0 Å². The summed E-state index contributed by atoms with van der Waals surface area (Å²) >= 11 is 0. The summed E-state index contributed by atoms with van der Waals surface area (Å²) in [4.78, 5) is 4.17. The first kappa shape index (κ1) is 11.7. The van der Waals surface area contributed by atoms with E-state index in [0.29, 0.717) is 0 Å². The molecule has 1 heteroatoms. The summed E-state index contributed by atoms with van der Waals surface area (Å²) in [6, 6.07) is 4.10. The second-order valence-corrected chi connectivity index (χ2v) is 3.96. The molecule has 0 radical (unpaired) electrons. The fraction of sp³-hybridized carbons (Fsp3) is 0.357. The molecule has 0 N–H and O–H groups in total. The van der Waals surface area contributed by atoms with Gasteiger partial charge >= 0.3 is 0 Å². The molecule has 0 spiro atoms. The van der Waals surface area contributed by atoms with Crippen LogP contribution in [0.2, 0.25) is 0 Å². The van der Waals surface area contributed by atoms with E-state index >= 15 is 0 Å². The first-order chi connectivity index (χ1) is 7.23. The quantitative estimate of drug-likeness (QED) is 0.659. The molecule has 1 nitrogen and oxygen atoms in total. The minimum absolute atomic E-state index is 0.0338. The zero-order valence-corrected chi connectivity index (χ0v) is 9.61. The van der Waals surface area contributed by atoms with E-state index in [1.54, 1.807) is 6.20 Å². The number of rotatable bonds is 5. The number of hydrogen-bond donors (Lipinski definition) is 0. The molecule has 0 saturated carbocycles. The molecule has 0 aliphatic carbocycles. The van der Waals surface area contributed by atoms with Crippen LogP contribution in [0.1, 0.15) is 32.3 Å². The Labute approximate surface area is 92.6 Å². The number of allylic oxidation sites excluding steroid dienone is 3. The van der Waals surface area contributed by atoms with Crippen molar-refractivity contribution in [2.75, 3.05) is 0 Å². The molecule has 1 rings (SSSR count). The van der Waals surface area contributed by atoms with Gasteiger partial charge in [0.25, 0.3) is 0 Å². The first-order valence-corrected chi connectivity index (χ1v) is 5.42. The van der Waals surface area contributed by atoms with Gasteiger partial charge in [0.15, 0.2) is 0 Å². The number of hydrogen-bond acceptors (Lipinski definition) is 1. The Morgan fingerprint density at radius 3 is 2.87 bits per heavy atom. The van der Waals surface area contributed by atoms with Crippen LogP contribution in [0.15, 0.2) is 49.3 Å². The van der Waals surface area contributed by atoms with Gasteiger partial charge in [-0.2, -0.15) is 0 Å². The third kappa shape index (κ3) is 3.05. The zero-order valence-electron chi connectivity index (χ0n) is 9.61. The van der Waals surface area contributed by atoms with Crippen molar-refractivity contribution in [3.63, 3.8) is 0 Å². The average molecular weight is 201 g/mol. The van der Waals surface area contributed by atoms with Crippen LogP contribution in [-0.2, 0) is 5.41 Å². The van der Waals surface area contributed by atoms with Crippen molar-refractivity contribution in [1.82, 2.24) is 4.98 Å².